The van der Waals surface area contributed by atoms with Gasteiger partial charge in [0.2, 0.25) is 5.91 Å². The summed E-state index contributed by atoms with van der Waals surface area (Å²) in [5, 5.41) is 7.39. The SMILES string of the molecule is Cc1cc(Cl)c(NC(=O)C2NCC3CCCC32)cc1Cl. The highest BCUT2D eigenvalue weighted by molar-refractivity contribution is 6.36. The maximum absolute atomic E-state index is 12.4. The number of hydrogen-bond acceptors (Lipinski definition) is 2. The maximum atomic E-state index is 12.4. The van der Waals surface area contributed by atoms with Crippen LogP contribution in [0.1, 0.15) is 24.8 Å². The molecule has 3 nitrogen and oxygen atoms in total. The summed E-state index contributed by atoms with van der Waals surface area (Å²) in [6.07, 6.45) is 3.61. The highest BCUT2D eigenvalue weighted by Crippen LogP contribution is 2.38. The summed E-state index contributed by atoms with van der Waals surface area (Å²) in [4.78, 5) is 12.4. The molecule has 0 aromatic heterocycles. The van der Waals surface area contributed by atoms with Crippen molar-refractivity contribution in [1.82, 2.24) is 5.32 Å². The monoisotopic (exact) mass is 312 g/mol. The van der Waals surface area contributed by atoms with E-state index in [1.54, 1.807) is 12.1 Å². The van der Waals surface area contributed by atoms with Crippen LogP contribution in [0.25, 0.3) is 0 Å². The third kappa shape index (κ3) is 2.54. The normalized spacial score (nSPS) is 28.4. The first-order chi connectivity index (χ1) is 9.56. The van der Waals surface area contributed by atoms with Crippen LogP contribution in [0.15, 0.2) is 12.1 Å². The Labute approximate surface area is 129 Å². The summed E-state index contributed by atoms with van der Waals surface area (Å²) in [6, 6.07) is 3.40. The second kappa shape index (κ2) is 5.55. The van der Waals surface area contributed by atoms with E-state index >= 15 is 0 Å². The van der Waals surface area contributed by atoms with Gasteiger partial charge in [-0.25, -0.2) is 0 Å². The van der Waals surface area contributed by atoms with Crippen LogP contribution in [-0.4, -0.2) is 18.5 Å². The molecular formula is C15H18Cl2N2O. The molecular weight excluding hydrogens is 295 g/mol. The number of nitrogens with one attached hydrogen (secondary N) is 2. The molecule has 1 aliphatic carbocycles. The molecule has 1 saturated heterocycles. The number of benzene rings is 1. The minimum Gasteiger partial charge on any atom is -0.323 e. The average Bonchev–Trinajstić information content (AvgIpc) is 2.97. The number of aryl methyl sites for hydroxylation is 1. The molecule has 20 heavy (non-hydrogen) atoms. The summed E-state index contributed by atoms with van der Waals surface area (Å²) >= 11 is 12.3. The van der Waals surface area contributed by atoms with E-state index in [4.69, 9.17) is 23.2 Å². The van der Waals surface area contributed by atoms with Crippen LogP contribution in [-0.2, 0) is 4.79 Å². The molecule has 2 fully saturated rings. The molecule has 0 radical (unpaired) electrons. The van der Waals surface area contributed by atoms with Crippen LogP contribution in [0.2, 0.25) is 10.0 Å². The first kappa shape index (κ1) is 14.2. The van der Waals surface area contributed by atoms with Gasteiger partial charge in [-0.3, -0.25) is 4.79 Å². The van der Waals surface area contributed by atoms with Gasteiger partial charge in [0, 0.05) is 5.02 Å². The van der Waals surface area contributed by atoms with Crippen LogP contribution >= 0.6 is 23.2 Å². The van der Waals surface area contributed by atoms with E-state index in [2.05, 4.69) is 10.6 Å². The summed E-state index contributed by atoms with van der Waals surface area (Å²) < 4.78 is 0. The molecule has 2 aliphatic rings. The van der Waals surface area contributed by atoms with Gasteiger partial charge in [0.1, 0.15) is 0 Å². The number of fused-ring (bicyclic) bond motifs is 1. The Morgan fingerprint density at radius 1 is 1.30 bits per heavy atom. The molecule has 3 unspecified atom stereocenters. The lowest BCUT2D eigenvalue weighted by Gasteiger charge is -2.18. The highest BCUT2D eigenvalue weighted by Gasteiger charge is 2.42. The summed E-state index contributed by atoms with van der Waals surface area (Å²) in [5.74, 6) is 1.12. The van der Waals surface area contributed by atoms with Gasteiger partial charge in [-0.1, -0.05) is 29.6 Å². The van der Waals surface area contributed by atoms with Gasteiger partial charge >= 0.3 is 0 Å². The zero-order valence-corrected chi connectivity index (χ0v) is 12.9. The second-order valence-electron chi connectivity index (χ2n) is 5.81. The molecule has 1 aliphatic heterocycles. The van der Waals surface area contributed by atoms with E-state index in [1.807, 2.05) is 6.92 Å². The van der Waals surface area contributed by atoms with Crippen LogP contribution in [0, 0.1) is 18.8 Å². The van der Waals surface area contributed by atoms with Crippen molar-refractivity contribution >= 4 is 34.8 Å². The van der Waals surface area contributed by atoms with Crippen LogP contribution in [0.4, 0.5) is 5.69 Å². The minimum absolute atomic E-state index is 0.00113. The lowest BCUT2D eigenvalue weighted by Crippen LogP contribution is -2.39. The zero-order valence-electron chi connectivity index (χ0n) is 11.4. The standard InChI is InChI=1S/C15H18Cl2N2O/c1-8-5-12(17)13(6-11(8)16)19-15(20)14-10-4-2-3-9(10)7-18-14/h5-6,9-10,14,18H,2-4,7H2,1H3,(H,19,20). The van der Waals surface area contributed by atoms with Crippen molar-refractivity contribution < 1.29 is 4.79 Å². The number of carbonyl (C=O) groups is 1. The number of carbonyl (C=O) groups excluding carboxylic acids is 1. The van der Waals surface area contributed by atoms with E-state index in [9.17, 15) is 4.79 Å². The largest absolute Gasteiger partial charge is 0.323 e. The van der Waals surface area contributed by atoms with E-state index in [0.29, 0.717) is 27.6 Å². The molecule has 0 bridgehead atoms. The third-order valence-electron chi connectivity index (χ3n) is 4.53. The zero-order chi connectivity index (χ0) is 14.3. The first-order valence-electron chi connectivity index (χ1n) is 7.06. The molecule has 1 aromatic carbocycles. The third-order valence-corrected chi connectivity index (χ3v) is 5.25. The summed E-state index contributed by atoms with van der Waals surface area (Å²) in [7, 11) is 0. The van der Waals surface area contributed by atoms with Crippen molar-refractivity contribution in [3.8, 4) is 0 Å². The number of anilines is 1. The Morgan fingerprint density at radius 2 is 2.10 bits per heavy atom. The minimum atomic E-state index is -0.0985. The van der Waals surface area contributed by atoms with Gasteiger partial charge in [-0.05, 0) is 55.8 Å². The number of amides is 1. The molecule has 1 amide bonds. The maximum Gasteiger partial charge on any atom is 0.241 e. The van der Waals surface area contributed by atoms with Gasteiger partial charge in [-0.15, -0.1) is 0 Å². The van der Waals surface area contributed by atoms with E-state index in [1.165, 1.54) is 12.8 Å². The molecule has 2 N–H and O–H groups in total. The van der Waals surface area contributed by atoms with Gasteiger partial charge in [0.25, 0.3) is 0 Å². The molecule has 3 rings (SSSR count). The summed E-state index contributed by atoms with van der Waals surface area (Å²) in [5.41, 5.74) is 1.50. The molecule has 1 saturated carbocycles. The van der Waals surface area contributed by atoms with E-state index < -0.39 is 0 Å². The predicted molar refractivity (Wildman–Crippen MR) is 82.5 cm³/mol. The Bertz CT molecular complexity index is 547. The fourth-order valence-corrected chi connectivity index (χ4v) is 3.86. The Hall–Kier alpha value is -0.770. The van der Waals surface area contributed by atoms with Gasteiger partial charge in [0.05, 0.1) is 16.8 Å². The van der Waals surface area contributed by atoms with Crippen molar-refractivity contribution in [2.24, 2.45) is 11.8 Å². The lowest BCUT2D eigenvalue weighted by atomic mass is 9.93. The molecule has 0 spiro atoms. The molecule has 1 heterocycles. The van der Waals surface area contributed by atoms with Crippen molar-refractivity contribution in [1.29, 1.82) is 0 Å². The average molecular weight is 313 g/mol. The lowest BCUT2D eigenvalue weighted by molar-refractivity contribution is -0.118. The molecule has 108 valence electrons. The number of rotatable bonds is 2. The number of halogens is 2. The number of hydrogen-bond donors (Lipinski definition) is 2. The fourth-order valence-electron chi connectivity index (χ4n) is 3.43. The smallest absolute Gasteiger partial charge is 0.241 e. The van der Waals surface area contributed by atoms with Crippen molar-refractivity contribution in [3.63, 3.8) is 0 Å². The van der Waals surface area contributed by atoms with Gasteiger partial charge < -0.3 is 10.6 Å². The first-order valence-corrected chi connectivity index (χ1v) is 7.82. The van der Waals surface area contributed by atoms with Crippen molar-refractivity contribution in [2.45, 2.75) is 32.2 Å². The van der Waals surface area contributed by atoms with Crippen LogP contribution in [0.3, 0.4) is 0 Å². The Balaban J connectivity index is 1.75. The molecule has 5 heteroatoms. The Morgan fingerprint density at radius 3 is 2.90 bits per heavy atom. The molecule has 1 aromatic rings. The van der Waals surface area contributed by atoms with Crippen molar-refractivity contribution in [3.05, 3.63) is 27.7 Å². The van der Waals surface area contributed by atoms with Crippen LogP contribution in [0.5, 0.6) is 0 Å². The van der Waals surface area contributed by atoms with Gasteiger partial charge in [-0.2, -0.15) is 0 Å². The predicted octanol–water partition coefficient (Wildman–Crippen LogP) is 3.63. The van der Waals surface area contributed by atoms with Gasteiger partial charge in [0.15, 0.2) is 0 Å². The van der Waals surface area contributed by atoms with E-state index in [0.717, 1.165) is 18.5 Å². The topological polar surface area (TPSA) is 41.1 Å². The Kier molecular flexibility index (Phi) is 3.93. The fraction of sp³-hybridized carbons (Fsp3) is 0.533. The van der Waals surface area contributed by atoms with Crippen molar-refractivity contribution in [2.75, 3.05) is 11.9 Å². The highest BCUT2D eigenvalue weighted by atomic mass is 35.5. The van der Waals surface area contributed by atoms with Crippen LogP contribution < -0.4 is 10.6 Å². The van der Waals surface area contributed by atoms with E-state index in [-0.39, 0.29) is 11.9 Å². The second-order valence-corrected chi connectivity index (χ2v) is 6.63. The quantitative estimate of drug-likeness (QED) is 0.875. The summed E-state index contributed by atoms with van der Waals surface area (Å²) in [6.45, 7) is 2.84. The molecule has 3 atom stereocenters.